The minimum Gasteiger partial charge on any atom is -0.503 e. The van der Waals surface area contributed by atoms with E-state index in [1.54, 1.807) is 48.7 Å². The summed E-state index contributed by atoms with van der Waals surface area (Å²) in [4.78, 5) is 27.9. The van der Waals surface area contributed by atoms with Crippen molar-refractivity contribution in [2.24, 2.45) is 0 Å². The van der Waals surface area contributed by atoms with Crippen LogP contribution in [0.2, 0.25) is 0 Å². The third-order valence-electron chi connectivity index (χ3n) is 4.78. The Labute approximate surface area is 175 Å². The number of aromatic nitrogens is 1. The van der Waals surface area contributed by atoms with Gasteiger partial charge in [-0.15, -0.1) is 11.3 Å². The zero-order chi connectivity index (χ0) is 21.4. The second kappa shape index (κ2) is 7.68. The van der Waals surface area contributed by atoms with Gasteiger partial charge in [-0.05, 0) is 36.1 Å². The summed E-state index contributed by atoms with van der Waals surface area (Å²) < 4.78 is 15.8. The van der Waals surface area contributed by atoms with Gasteiger partial charge in [-0.3, -0.25) is 14.5 Å². The van der Waals surface area contributed by atoms with Gasteiger partial charge in [0, 0.05) is 6.07 Å². The summed E-state index contributed by atoms with van der Waals surface area (Å²) in [5.74, 6) is -0.184. The van der Waals surface area contributed by atoms with E-state index < -0.39 is 23.5 Å². The molecule has 154 valence electrons. The number of anilines is 1. The summed E-state index contributed by atoms with van der Waals surface area (Å²) in [6, 6.07) is 9.07. The number of nitrogens with zero attached hydrogens (tertiary/aromatic N) is 2. The lowest BCUT2D eigenvalue weighted by Gasteiger charge is -2.25. The van der Waals surface area contributed by atoms with Crippen LogP contribution in [0.1, 0.15) is 27.0 Å². The second-order valence-corrected chi connectivity index (χ2v) is 7.50. The van der Waals surface area contributed by atoms with Crippen molar-refractivity contribution in [2.45, 2.75) is 13.0 Å². The number of carbonyl (C=O) groups excluding carboxylic acids is 2. The lowest BCUT2D eigenvalue weighted by Crippen LogP contribution is -2.31. The molecule has 1 aromatic carbocycles. The SMILES string of the molecule is COc1ccc([C@H]2C(C(=O)c3cccs3)=C(O)C(=O)N2c2cc(C)on2)cc1OC. The van der Waals surface area contributed by atoms with Gasteiger partial charge in [-0.1, -0.05) is 17.3 Å². The monoisotopic (exact) mass is 426 g/mol. The third kappa shape index (κ3) is 3.13. The second-order valence-electron chi connectivity index (χ2n) is 6.56. The van der Waals surface area contributed by atoms with Gasteiger partial charge in [-0.2, -0.15) is 0 Å². The van der Waals surface area contributed by atoms with E-state index in [0.717, 1.165) is 0 Å². The van der Waals surface area contributed by atoms with Crippen LogP contribution in [0, 0.1) is 6.92 Å². The van der Waals surface area contributed by atoms with E-state index in [4.69, 9.17) is 14.0 Å². The average molecular weight is 426 g/mol. The summed E-state index contributed by atoms with van der Waals surface area (Å²) >= 11 is 1.23. The number of hydrogen-bond acceptors (Lipinski definition) is 8. The van der Waals surface area contributed by atoms with Crippen LogP contribution in [-0.4, -0.2) is 36.2 Å². The van der Waals surface area contributed by atoms with Gasteiger partial charge in [0.2, 0.25) is 5.78 Å². The fourth-order valence-electron chi connectivity index (χ4n) is 3.42. The predicted octanol–water partition coefficient (Wildman–Crippen LogP) is 3.84. The summed E-state index contributed by atoms with van der Waals surface area (Å²) in [6.45, 7) is 1.69. The minimum absolute atomic E-state index is 0.0321. The summed E-state index contributed by atoms with van der Waals surface area (Å²) in [5.41, 5.74) is 0.515. The highest BCUT2D eigenvalue weighted by atomic mass is 32.1. The normalized spacial score (nSPS) is 16.3. The number of ketones is 1. The van der Waals surface area contributed by atoms with Crippen molar-refractivity contribution < 1.29 is 28.7 Å². The lowest BCUT2D eigenvalue weighted by atomic mass is 9.95. The molecule has 1 aliphatic rings. The first-order valence-corrected chi connectivity index (χ1v) is 9.84. The van der Waals surface area contributed by atoms with Crippen LogP contribution in [0.5, 0.6) is 11.5 Å². The first-order chi connectivity index (χ1) is 14.5. The van der Waals surface area contributed by atoms with E-state index in [-0.39, 0.29) is 11.4 Å². The Morgan fingerprint density at radius 1 is 1.20 bits per heavy atom. The molecule has 1 atom stereocenters. The Morgan fingerprint density at radius 3 is 2.57 bits per heavy atom. The first kappa shape index (κ1) is 19.7. The van der Waals surface area contributed by atoms with Crippen molar-refractivity contribution in [2.75, 3.05) is 19.1 Å². The lowest BCUT2D eigenvalue weighted by molar-refractivity contribution is -0.117. The predicted molar refractivity (Wildman–Crippen MR) is 109 cm³/mol. The molecule has 0 saturated heterocycles. The van der Waals surface area contributed by atoms with Crippen molar-refractivity contribution in [1.82, 2.24) is 5.16 Å². The van der Waals surface area contributed by atoms with Crippen molar-refractivity contribution >= 4 is 28.8 Å². The molecule has 0 fully saturated rings. The van der Waals surface area contributed by atoms with E-state index in [0.29, 0.717) is 27.7 Å². The van der Waals surface area contributed by atoms with Crippen LogP contribution < -0.4 is 14.4 Å². The first-order valence-electron chi connectivity index (χ1n) is 8.96. The van der Waals surface area contributed by atoms with Gasteiger partial charge in [0.25, 0.3) is 5.91 Å². The molecule has 3 heterocycles. The van der Waals surface area contributed by atoms with Crippen LogP contribution in [0.15, 0.2) is 57.6 Å². The molecule has 0 spiro atoms. The van der Waals surface area contributed by atoms with Gasteiger partial charge >= 0.3 is 0 Å². The number of rotatable bonds is 6. The maximum absolute atomic E-state index is 13.2. The van der Waals surface area contributed by atoms with Crippen molar-refractivity contribution in [3.8, 4) is 11.5 Å². The summed E-state index contributed by atoms with van der Waals surface area (Å²) in [7, 11) is 3.00. The van der Waals surface area contributed by atoms with E-state index in [1.807, 2.05) is 0 Å². The third-order valence-corrected chi connectivity index (χ3v) is 5.65. The van der Waals surface area contributed by atoms with Gasteiger partial charge in [0.15, 0.2) is 23.1 Å². The molecule has 0 bridgehead atoms. The number of thiophene rings is 1. The quantitative estimate of drug-likeness (QED) is 0.598. The molecular weight excluding hydrogens is 408 g/mol. The Balaban J connectivity index is 1.90. The highest BCUT2D eigenvalue weighted by molar-refractivity contribution is 7.12. The largest absolute Gasteiger partial charge is 0.503 e. The Hall–Kier alpha value is -3.59. The molecule has 0 unspecified atom stereocenters. The molecule has 2 aromatic heterocycles. The molecule has 9 heteroatoms. The number of carbonyl (C=O) groups is 2. The Morgan fingerprint density at radius 2 is 1.97 bits per heavy atom. The molecule has 0 radical (unpaired) electrons. The number of aliphatic hydroxyl groups excluding tert-OH is 1. The zero-order valence-electron chi connectivity index (χ0n) is 16.4. The van der Waals surface area contributed by atoms with E-state index in [9.17, 15) is 14.7 Å². The number of hydrogen-bond donors (Lipinski definition) is 1. The molecule has 1 amide bonds. The van der Waals surface area contributed by atoms with Crippen LogP contribution in [0.25, 0.3) is 0 Å². The number of aliphatic hydroxyl groups is 1. The van der Waals surface area contributed by atoms with E-state index >= 15 is 0 Å². The van der Waals surface area contributed by atoms with Crippen molar-refractivity contribution in [3.05, 3.63) is 69.3 Å². The Kier molecular flexibility index (Phi) is 5.04. The fourth-order valence-corrected chi connectivity index (χ4v) is 4.10. The fraction of sp³-hybridized carbons (Fsp3) is 0.190. The molecule has 1 aliphatic heterocycles. The van der Waals surface area contributed by atoms with Gasteiger partial charge in [-0.25, -0.2) is 0 Å². The highest BCUT2D eigenvalue weighted by Crippen LogP contribution is 2.43. The maximum atomic E-state index is 13.2. The Bertz CT molecular complexity index is 1150. The zero-order valence-corrected chi connectivity index (χ0v) is 17.2. The van der Waals surface area contributed by atoms with E-state index in [2.05, 4.69) is 5.16 Å². The topological polar surface area (TPSA) is 102 Å². The standard InChI is InChI=1S/C21H18N2O6S/c1-11-9-16(22-29-11)23-18(12-6-7-13(27-2)14(10-12)28-3)17(20(25)21(23)26)19(24)15-5-4-8-30-15/h4-10,18,25H,1-3H3/t18-/m0/s1. The molecular formula is C21H18N2O6S. The number of Topliss-reactive ketones (excluding diaryl/α,β-unsaturated/α-hetero) is 1. The number of ether oxygens (including phenoxy) is 2. The van der Waals surface area contributed by atoms with Crippen LogP contribution in [0.4, 0.5) is 5.82 Å². The molecule has 4 rings (SSSR count). The number of benzene rings is 1. The van der Waals surface area contributed by atoms with Gasteiger partial charge in [0.1, 0.15) is 5.76 Å². The molecule has 3 aromatic rings. The summed E-state index contributed by atoms with van der Waals surface area (Å²) in [6.07, 6.45) is 0. The average Bonchev–Trinajstić information content (AvgIpc) is 3.48. The molecule has 1 N–H and O–H groups in total. The van der Waals surface area contributed by atoms with Gasteiger partial charge in [0.05, 0.1) is 30.7 Å². The smallest absolute Gasteiger partial charge is 0.295 e. The molecule has 0 aliphatic carbocycles. The number of methoxy groups -OCH3 is 2. The number of amides is 1. The van der Waals surface area contributed by atoms with E-state index in [1.165, 1.54) is 30.5 Å². The molecule has 30 heavy (non-hydrogen) atoms. The summed E-state index contributed by atoms with van der Waals surface area (Å²) in [5, 5.41) is 16.4. The van der Waals surface area contributed by atoms with Crippen molar-refractivity contribution in [3.63, 3.8) is 0 Å². The minimum atomic E-state index is -0.920. The highest BCUT2D eigenvalue weighted by Gasteiger charge is 2.46. The van der Waals surface area contributed by atoms with Crippen LogP contribution in [0.3, 0.4) is 0 Å². The van der Waals surface area contributed by atoms with Gasteiger partial charge < -0.3 is 19.1 Å². The van der Waals surface area contributed by atoms with Crippen molar-refractivity contribution in [1.29, 1.82) is 0 Å². The number of aryl methyl sites for hydroxylation is 1. The van der Waals surface area contributed by atoms with Crippen LogP contribution in [-0.2, 0) is 4.79 Å². The molecule has 8 nitrogen and oxygen atoms in total. The van der Waals surface area contributed by atoms with Crippen LogP contribution >= 0.6 is 11.3 Å². The maximum Gasteiger partial charge on any atom is 0.295 e. The molecule has 0 saturated carbocycles.